The Labute approximate surface area is 124 Å². The van der Waals surface area contributed by atoms with Gasteiger partial charge in [0, 0.05) is 17.3 Å². The molecule has 1 atom stereocenters. The third-order valence-electron chi connectivity index (χ3n) is 2.96. The van der Waals surface area contributed by atoms with Crippen LogP contribution in [0.25, 0.3) is 0 Å². The molecule has 0 aliphatic carbocycles. The molecule has 2 nitrogen and oxygen atoms in total. The number of benzene rings is 2. The minimum absolute atomic E-state index is 0.282. The summed E-state index contributed by atoms with van der Waals surface area (Å²) >= 11 is 3.39. The van der Waals surface area contributed by atoms with Gasteiger partial charge in [0.25, 0.3) is 0 Å². The molecular formula is C15H14BrF2NO. The largest absolute Gasteiger partial charge is 0.496 e. The number of anilines is 1. The summed E-state index contributed by atoms with van der Waals surface area (Å²) in [5, 5.41) is 3.16. The predicted molar refractivity (Wildman–Crippen MR) is 79.1 cm³/mol. The fourth-order valence-electron chi connectivity index (χ4n) is 1.94. The Morgan fingerprint density at radius 3 is 2.50 bits per heavy atom. The van der Waals surface area contributed by atoms with Gasteiger partial charge >= 0.3 is 0 Å². The van der Waals surface area contributed by atoms with Crippen LogP contribution in [0.4, 0.5) is 14.5 Å². The lowest BCUT2D eigenvalue weighted by Crippen LogP contribution is -2.09. The van der Waals surface area contributed by atoms with Gasteiger partial charge < -0.3 is 10.1 Å². The molecule has 0 spiro atoms. The molecule has 20 heavy (non-hydrogen) atoms. The van der Waals surface area contributed by atoms with E-state index in [1.165, 1.54) is 12.1 Å². The Bertz CT molecular complexity index is 619. The van der Waals surface area contributed by atoms with Crippen molar-refractivity contribution in [1.82, 2.24) is 0 Å². The molecule has 0 aliphatic rings. The monoisotopic (exact) mass is 341 g/mol. The van der Waals surface area contributed by atoms with Crippen LogP contribution in [0.1, 0.15) is 18.5 Å². The number of ether oxygens (including phenoxy) is 1. The fraction of sp³-hybridized carbons (Fsp3) is 0.200. The Morgan fingerprint density at radius 1 is 1.15 bits per heavy atom. The SMILES string of the molecule is COc1ccc(NC(C)c2ccc(F)cc2F)cc1Br. The van der Waals surface area contributed by atoms with E-state index in [4.69, 9.17) is 4.74 Å². The second kappa shape index (κ2) is 6.22. The van der Waals surface area contributed by atoms with Crippen molar-refractivity contribution in [3.05, 3.63) is 58.1 Å². The number of methoxy groups -OCH3 is 1. The van der Waals surface area contributed by atoms with Gasteiger partial charge in [-0.05, 0) is 47.1 Å². The first-order valence-electron chi connectivity index (χ1n) is 6.06. The summed E-state index contributed by atoms with van der Waals surface area (Å²) in [7, 11) is 1.59. The molecule has 1 N–H and O–H groups in total. The molecule has 1 unspecified atom stereocenters. The number of halogens is 3. The number of rotatable bonds is 4. The molecule has 0 saturated heterocycles. The predicted octanol–water partition coefficient (Wildman–Crippen LogP) is 4.91. The van der Waals surface area contributed by atoms with Gasteiger partial charge in [-0.3, -0.25) is 0 Å². The highest BCUT2D eigenvalue weighted by Crippen LogP contribution is 2.30. The van der Waals surface area contributed by atoms with Crippen molar-refractivity contribution in [2.24, 2.45) is 0 Å². The zero-order chi connectivity index (χ0) is 14.7. The van der Waals surface area contributed by atoms with E-state index in [2.05, 4.69) is 21.2 Å². The third-order valence-corrected chi connectivity index (χ3v) is 3.58. The highest BCUT2D eigenvalue weighted by Gasteiger charge is 2.12. The lowest BCUT2D eigenvalue weighted by molar-refractivity contribution is 0.412. The van der Waals surface area contributed by atoms with Crippen LogP contribution in [0.2, 0.25) is 0 Å². The van der Waals surface area contributed by atoms with Gasteiger partial charge in [-0.25, -0.2) is 8.78 Å². The van der Waals surface area contributed by atoms with Crippen LogP contribution in [0.5, 0.6) is 5.75 Å². The second-order valence-electron chi connectivity index (χ2n) is 4.38. The molecule has 0 aromatic heterocycles. The molecule has 2 aromatic carbocycles. The fourth-order valence-corrected chi connectivity index (χ4v) is 2.48. The van der Waals surface area contributed by atoms with Gasteiger partial charge in [-0.15, -0.1) is 0 Å². The van der Waals surface area contributed by atoms with Gasteiger partial charge in [0.1, 0.15) is 17.4 Å². The van der Waals surface area contributed by atoms with Gasteiger partial charge in [-0.1, -0.05) is 6.07 Å². The first-order valence-corrected chi connectivity index (χ1v) is 6.85. The highest BCUT2D eigenvalue weighted by molar-refractivity contribution is 9.10. The Kier molecular flexibility index (Phi) is 4.60. The van der Waals surface area contributed by atoms with Crippen LogP contribution < -0.4 is 10.1 Å². The molecule has 0 aliphatic heterocycles. The van der Waals surface area contributed by atoms with Crippen LogP contribution in [0.15, 0.2) is 40.9 Å². The molecule has 2 rings (SSSR count). The van der Waals surface area contributed by atoms with Crippen molar-refractivity contribution in [2.45, 2.75) is 13.0 Å². The standard InChI is InChI=1S/C15H14BrF2NO/c1-9(12-5-3-10(17)7-14(12)18)19-11-4-6-15(20-2)13(16)8-11/h3-9,19H,1-2H3. The molecule has 0 bridgehead atoms. The molecule has 2 aromatic rings. The average molecular weight is 342 g/mol. The van der Waals surface area contributed by atoms with Crippen molar-refractivity contribution in [3.8, 4) is 5.75 Å². The van der Waals surface area contributed by atoms with Crippen LogP contribution in [-0.2, 0) is 0 Å². The zero-order valence-electron chi connectivity index (χ0n) is 11.1. The average Bonchev–Trinajstić information content (AvgIpc) is 2.38. The minimum atomic E-state index is -0.578. The number of hydrogen-bond acceptors (Lipinski definition) is 2. The van der Waals surface area contributed by atoms with Crippen LogP contribution in [0, 0.1) is 11.6 Å². The summed E-state index contributed by atoms with van der Waals surface area (Å²) in [5.74, 6) is -0.417. The van der Waals surface area contributed by atoms with Crippen molar-refractivity contribution in [3.63, 3.8) is 0 Å². The molecule has 5 heteroatoms. The molecule has 0 saturated carbocycles. The summed E-state index contributed by atoms with van der Waals surface area (Å²) in [4.78, 5) is 0. The van der Waals surface area contributed by atoms with Crippen molar-refractivity contribution in [2.75, 3.05) is 12.4 Å². The summed E-state index contributed by atoms with van der Waals surface area (Å²) in [6, 6.07) is 8.79. The van der Waals surface area contributed by atoms with E-state index in [1.807, 2.05) is 19.1 Å². The molecular weight excluding hydrogens is 328 g/mol. The van der Waals surface area contributed by atoms with Gasteiger partial charge in [0.15, 0.2) is 0 Å². The smallest absolute Gasteiger partial charge is 0.133 e. The summed E-state index contributed by atoms with van der Waals surface area (Å²) in [6.45, 7) is 1.81. The molecule has 0 radical (unpaired) electrons. The van der Waals surface area contributed by atoms with Crippen molar-refractivity contribution >= 4 is 21.6 Å². The number of hydrogen-bond donors (Lipinski definition) is 1. The zero-order valence-corrected chi connectivity index (χ0v) is 12.7. The maximum absolute atomic E-state index is 13.7. The quantitative estimate of drug-likeness (QED) is 0.853. The van der Waals surface area contributed by atoms with E-state index < -0.39 is 11.6 Å². The first kappa shape index (κ1) is 14.8. The Hall–Kier alpha value is -1.62. The summed E-state index contributed by atoms with van der Waals surface area (Å²) in [5.41, 5.74) is 1.23. The summed E-state index contributed by atoms with van der Waals surface area (Å²) in [6.07, 6.45) is 0. The molecule has 106 valence electrons. The molecule has 0 amide bonds. The lowest BCUT2D eigenvalue weighted by atomic mass is 10.1. The highest BCUT2D eigenvalue weighted by atomic mass is 79.9. The third kappa shape index (κ3) is 3.28. The van der Waals surface area contributed by atoms with E-state index in [1.54, 1.807) is 13.2 Å². The number of nitrogens with one attached hydrogen (secondary N) is 1. The second-order valence-corrected chi connectivity index (χ2v) is 5.24. The first-order chi connectivity index (χ1) is 9.51. The van der Waals surface area contributed by atoms with Gasteiger partial charge in [-0.2, -0.15) is 0 Å². The molecule has 0 fully saturated rings. The van der Waals surface area contributed by atoms with Crippen molar-refractivity contribution in [1.29, 1.82) is 0 Å². The van der Waals surface area contributed by atoms with E-state index in [0.717, 1.165) is 22.0 Å². The van der Waals surface area contributed by atoms with Crippen LogP contribution in [-0.4, -0.2) is 7.11 Å². The molecule has 0 heterocycles. The Balaban J connectivity index is 2.18. The topological polar surface area (TPSA) is 21.3 Å². The van der Waals surface area contributed by atoms with Crippen LogP contribution in [0.3, 0.4) is 0 Å². The van der Waals surface area contributed by atoms with Crippen molar-refractivity contribution < 1.29 is 13.5 Å². The van der Waals surface area contributed by atoms with E-state index in [-0.39, 0.29) is 6.04 Å². The maximum atomic E-state index is 13.7. The summed E-state index contributed by atoms with van der Waals surface area (Å²) < 4.78 is 32.5. The minimum Gasteiger partial charge on any atom is -0.496 e. The van der Waals surface area contributed by atoms with E-state index in [9.17, 15) is 8.78 Å². The normalized spacial score (nSPS) is 12.1. The lowest BCUT2D eigenvalue weighted by Gasteiger charge is -2.17. The maximum Gasteiger partial charge on any atom is 0.133 e. The van der Waals surface area contributed by atoms with Gasteiger partial charge in [0.2, 0.25) is 0 Å². The van der Waals surface area contributed by atoms with Crippen LogP contribution >= 0.6 is 15.9 Å². The van der Waals surface area contributed by atoms with E-state index >= 15 is 0 Å². The van der Waals surface area contributed by atoms with Gasteiger partial charge in [0.05, 0.1) is 17.6 Å². The van der Waals surface area contributed by atoms with E-state index in [0.29, 0.717) is 5.56 Å². The Morgan fingerprint density at radius 2 is 1.90 bits per heavy atom.